The van der Waals surface area contributed by atoms with Gasteiger partial charge < -0.3 is 11.1 Å². The van der Waals surface area contributed by atoms with Crippen molar-refractivity contribution in [1.29, 1.82) is 0 Å². The second kappa shape index (κ2) is 8.07. The summed E-state index contributed by atoms with van der Waals surface area (Å²) >= 11 is 0. The van der Waals surface area contributed by atoms with Gasteiger partial charge in [-0.25, -0.2) is 13.1 Å². The van der Waals surface area contributed by atoms with Crippen LogP contribution in [0.25, 0.3) is 0 Å². The van der Waals surface area contributed by atoms with Crippen molar-refractivity contribution in [1.82, 2.24) is 19.8 Å². The van der Waals surface area contributed by atoms with Gasteiger partial charge in [0.25, 0.3) is 0 Å². The molecule has 10 heteroatoms. The second-order valence-electron chi connectivity index (χ2n) is 6.14. The van der Waals surface area contributed by atoms with Gasteiger partial charge in [0, 0.05) is 18.9 Å². The third-order valence-corrected chi connectivity index (χ3v) is 5.59. The number of benzene rings is 1. The first kappa shape index (κ1) is 20.2. The van der Waals surface area contributed by atoms with Crippen molar-refractivity contribution >= 4 is 34.0 Å². The van der Waals surface area contributed by atoms with Crippen LogP contribution in [-0.4, -0.2) is 30.7 Å². The Morgan fingerprint density at radius 2 is 2.19 bits per heavy atom. The fourth-order valence-corrected chi connectivity index (χ4v) is 3.98. The van der Waals surface area contributed by atoms with E-state index >= 15 is 0 Å². The summed E-state index contributed by atoms with van der Waals surface area (Å²) < 4.78 is 27.9. The van der Waals surface area contributed by atoms with Crippen molar-refractivity contribution in [3.63, 3.8) is 0 Å². The van der Waals surface area contributed by atoms with Crippen molar-refractivity contribution in [2.45, 2.75) is 30.2 Å². The third-order valence-electron chi connectivity index (χ3n) is 4.23. The number of amides is 1. The molecule has 1 aromatic heterocycles. The number of aryl methyl sites for hydroxylation is 2. The van der Waals surface area contributed by atoms with Crippen LogP contribution in [0.15, 0.2) is 35.5 Å². The number of fused-ring (bicyclic) bond motifs is 1. The van der Waals surface area contributed by atoms with Crippen molar-refractivity contribution in [2.75, 3.05) is 12.3 Å². The fraction of sp³-hybridized carbons (Fsp3) is 0.375. The summed E-state index contributed by atoms with van der Waals surface area (Å²) in [7, 11) is -2.13. The number of anilines is 1. The number of nitrogen functional groups attached to an aromatic ring is 1. The van der Waals surface area contributed by atoms with Crippen LogP contribution in [0.2, 0.25) is 0 Å². The van der Waals surface area contributed by atoms with Crippen molar-refractivity contribution < 1.29 is 13.2 Å². The summed E-state index contributed by atoms with van der Waals surface area (Å²) in [6.07, 6.45) is 5.31. The van der Waals surface area contributed by atoms with E-state index in [0.717, 1.165) is 30.4 Å². The molecule has 3 rings (SSSR count). The van der Waals surface area contributed by atoms with Crippen molar-refractivity contribution in [3.8, 4) is 0 Å². The Hall–Kier alpha value is -2.10. The van der Waals surface area contributed by atoms with Crippen LogP contribution in [0, 0.1) is 0 Å². The maximum atomic E-state index is 12.2. The molecule has 0 saturated heterocycles. The Kier molecular flexibility index (Phi) is 6.27. The Morgan fingerprint density at radius 1 is 1.42 bits per heavy atom. The van der Waals surface area contributed by atoms with Crippen LogP contribution in [0.4, 0.5) is 5.69 Å². The quantitative estimate of drug-likeness (QED) is 0.645. The predicted molar refractivity (Wildman–Crippen MR) is 100 cm³/mol. The maximum Gasteiger partial charge on any atom is 0.244 e. The highest BCUT2D eigenvalue weighted by atomic mass is 35.5. The third kappa shape index (κ3) is 4.54. The molecule has 0 radical (unpaired) electrons. The van der Waals surface area contributed by atoms with E-state index in [-0.39, 0.29) is 35.8 Å². The average molecular weight is 400 g/mol. The van der Waals surface area contributed by atoms with E-state index in [1.165, 1.54) is 17.1 Å². The molecule has 4 N–H and O–H groups in total. The summed E-state index contributed by atoms with van der Waals surface area (Å²) in [6, 6.07) is 5.54. The molecule has 1 unspecified atom stereocenters. The van der Waals surface area contributed by atoms with E-state index < -0.39 is 10.0 Å². The van der Waals surface area contributed by atoms with E-state index in [0.29, 0.717) is 5.69 Å². The molecule has 1 atom stereocenters. The fourth-order valence-electron chi connectivity index (χ4n) is 3.01. The van der Waals surface area contributed by atoms with Crippen LogP contribution in [0.5, 0.6) is 0 Å². The number of hydrogen-bond acceptors (Lipinski definition) is 5. The molecule has 142 valence electrons. The normalized spacial score (nSPS) is 16.4. The number of carbonyl (C=O) groups is 1. The Bertz CT molecular complexity index is 897. The van der Waals surface area contributed by atoms with E-state index in [1.807, 2.05) is 18.2 Å². The lowest BCUT2D eigenvalue weighted by molar-refractivity contribution is -0.120. The number of rotatable bonds is 5. The lowest BCUT2D eigenvalue weighted by atomic mass is 9.87. The summed E-state index contributed by atoms with van der Waals surface area (Å²) in [5, 5.41) is 6.72. The standard InChI is InChI=1S/C16H21N5O3S.ClH/c1-21-10-13(8-18-21)25(23,24)19-9-16(22)20-15-4-2-3-11-7-12(17)5-6-14(11)15;/h5-8,10,15,19H,2-4,9,17H2,1H3,(H,20,22);1H. The SMILES string of the molecule is Cl.Cn1cc(S(=O)(=O)NCC(=O)NC2CCCc3cc(N)ccc32)cn1. The average Bonchev–Trinajstić information content (AvgIpc) is 3.00. The monoisotopic (exact) mass is 399 g/mol. The highest BCUT2D eigenvalue weighted by molar-refractivity contribution is 7.89. The summed E-state index contributed by atoms with van der Waals surface area (Å²) in [6.45, 7) is -0.321. The Morgan fingerprint density at radius 3 is 2.88 bits per heavy atom. The molecule has 0 fully saturated rings. The van der Waals surface area contributed by atoms with Gasteiger partial charge in [0.2, 0.25) is 15.9 Å². The molecule has 0 spiro atoms. The molecule has 1 heterocycles. The maximum absolute atomic E-state index is 12.2. The highest BCUT2D eigenvalue weighted by Crippen LogP contribution is 2.30. The van der Waals surface area contributed by atoms with Gasteiger partial charge in [0.1, 0.15) is 4.90 Å². The Balaban J connectivity index is 0.00000243. The summed E-state index contributed by atoms with van der Waals surface area (Å²) in [4.78, 5) is 12.2. The van der Waals surface area contributed by atoms with Crippen LogP contribution in [0.1, 0.15) is 30.0 Å². The van der Waals surface area contributed by atoms with Gasteiger partial charge in [0.15, 0.2) is 0 Å². The lowest BCUT2D eigenvalue weighted by Crippen LogP contribution is -2.39. The zero-order valence-electron chi connectivity index (χ0n) is 14.3. The molecule has 0 aliphatic heterocycles. The number of nitrogens with one attached hydrogen (secondary N) is 2. The molecule has 2 aromatic rings. The molecular formula is C16H22ClN5O3S. The molecule has 1 amide bonds. The summed E-state index contributed by atoms with van der Waals surface area (Å²) in [5.74, 6) is -0.373. The molecule has 8 nitrogen and oxygen atoms in total. The molecule has 0 bridgehead atoms. The summed E-state index contributed by atoms with van der Waals surface area (Å²) in [5.41, 5.74) is 8.69. The number of sulfonamides is 1. The van der Waals surface area contributed by atoms with E-state index in [2.05, 4.69) is 15.1 Å². The number of carbonyl (C=O) groups excluding carboxylic acids is 1. The van der Waals surface area contributed by atoms with Gasteiger partial charge >= 0.3 is 0 Å². The van der Waals surface area contributed by atoms with Crippen LogP contribution >= 0.6 is 12.4 Å². The smallest absolute Gasteiger partial charge is 0.244 e. The van der Waals surface area contributed by atoms with Crippen LogP contribution in [-0.2, 0) is 28.3 Å². The first-order valence-electron chi connectivity index (χ1n) is 8.01. The van der Waals surface area contributed by atoms with E-state index in [9.17, 15) is 13.2 Å². The zero-order chi connectivity index (χ0) is 18.0. The molecular weight excluding hydrogens is 378 g/mol. The van der Waals surface area contributed by atoms with Gasteiger partial charge in [-0.1, -0.05) is 6.07 Å². The molecule has 1 aliphatic rings. The van der Waals surface area contributed by atoms with Gasteiger partial charge in [-0.2, -0.15) is 5.10 Å². The molecule has 1 aromatic carbocycles. The van der Waals surface area contributed by atoms with Gasteiger partial charge in [-0.15, -0.1) is 12.4 Å². The molecule has 26 heavy (non-hydrogen) atoms. The van der Waals surface area contributed by atoms with Crippen LogP contribution in [0.3, 0.4) is 0 Å². The molecule has 0 saturated carbocycles. The number of aromatic nitrogens is 2. The zero-order valence-corrected chi connectivity index (χ0v) is 15.9. The first-order chi connectivity index (χ1) is 11.8. The van der Waals surface area contributed by atoms with Crippen molar-refractivity contribution in [2.24, 2.45) is 7.05 Å². The lowest BCUT2D eigenvalue weighted by Gasteiger charge is -2.26. The minimum atomic E-state index is -3.75. The minimum absolute atomic E-state index is 0. The van der Waals surface area contributed by atoms with Crippen molar-refractivity contribution in [3.05, 3.63) is 41.7 Å². The largest absolute Gasteiger partial charge is 0.399 e. The first-order valence-corrected chi connectivity index (χ1v) is 9.49. The van der Waals surface area contributed by atoms with Gasteiger partial charge in [-0.05, 0) is 42.5 Å². The Labute approximate surface area is 158 Å². The molecule has 1 aliphatic carbocycles. The van der Waals surface area contributed by atoms with Gasteiger partial charge in [0.05, 0.1) is 18.8 Å². The topological polar surface area (TPSA) is 119 Å². The number of nitrogens with zero attached hydrogens (tertiary/aromatic N) is 2. The predicted octanol–water partition coefficient (Wildman–Crippen LogP) is 0.896. The van der Waals surface area contributed by atoms with Gasteiger partial charge in [-0.3, -0.25) is 9.48 Å². The highest BCUT2D eigenvalue weighted by Gasteiger charge is 2.23. The number of hydrogen-bond donors (Lipinski definition) is 3. The van der Waals surface area contributed by atoms with Crippen LogP contribution < -0.4 is 15.8 Å². The van der Waals surface area contributed by atoms with E-state index in [1.54, 1.807) is 7.05 Å². The minimum Gasteiger partial charge on any atom is -0.399 e. The second-order valence-corrected chi connectivity index (χ2v) is 7.91. The number of halogens is 1. The number of nitrogens with two attached hydrogens (primary N) is 1. The van der Waals surface area contributed by atoms with E-state index in [4.69, 9.17) is 5.73 Å².